The molecule has 2 heterocycles. The van der Waals surface area contributed by atoms with Gasteiger partial charge in [0.2, 0.25) is 0 Å². The predicted molar refractivity (Wildman–Crippen MR) is 174 cm³/mol. The Labute approximate surface area is 254 Å². The first-order valence-corrected chi connectivity index (χ1v) is 14.7. The molecule has 222 valence electrons. The van der Waals surface area contributed by atoms with E-state index in [-0.39, 0.29) is 11.8 Å². The van der Waals surface area contributed by atoms with Crippen molar-refractivity contribution in [3.05, 3.63) is 112 Å². The highest BCUT2D eigenvalue weighted by molar-refractivity contribution is 6.13. The molecule has 2 amide bonds. The molecule has 0 aliphatic heterocycles. The van der Waals surface area contributed by atoms with Crippen molar-refractivity contribution in [3.8, 4) is 11.3 Å². The monoisotopic (exact) mass is 576 g/mol. The Morgan fingerprint density at radius 3 is 2.40 bits per heavy atom. The number of amides is 2. The van der Waals surface area contributed by atoms with Crippen molar-refractivity contribution in [2.24, 2.45) is 0 Å². The van der Waals surface area contributed by atoms with Crippen molar-refractivity contribution >= 4 is 28.4 Å². The molecule has 0 saturated carbocycles. The minimum absolute atomic E-state index is 0.145. The van der Waals surface area contributed by atoms with Crippen molar-refractivity contribution in [1.82, 2.24) is 15.3 Å². The van der Waals surface area contributed by atoms with Crippen LogP contribution in [0.3, 0.4) is 0 Å². The number of fused-ring (bicyclic) bond motifs is 1. The number of aromatic nitrogens is 2. The molecule has 43 heavy (non-hydrogen) atoms. The van der Waals surface area contributed by atoms with Crippen LogP contribution in [0.2, 0.25) is 0 Å². The molecule has 0 fully saturated rings. The van der Waals surface area contributed by atoms with Crippen molar-refractivity contribution in [3.63, 3.8) is 0 Å². The summed E-state index contributed by atoms with van der Waals surface area (Å²) in [5, 5.41) is 6.77. The highest BCUT2D eigenvalue weighted by atomic mass is 16.5. The van der Waals surface area contributed by atoms with Crippen LogP contribution in [-0.2, 0) is 4.74 Å². The number of allylic oxidation sites excluding steroid dienone is 4. The van der Waals surface area contributed by atoms with Crippen molar-refractivity contribution < 1.29 is 14.3 Å². The third kappa shape index (κ3) is 8.16. The van der Waals surface area contributed by atoms with E-state index >= 15 is 0 Å². The van der Waals surface area contributed by atoms with E-state index in [9.17, 15) is 9.59 Å². The van der Waals surface area contributed by atoms with Crippen LogP contribution >= 0.6 is 0 Å². The van der Waals surface area contributed by atoms with Crippen molar-refractivity contribution in [2.75, 3.05) is 11.9 Å². The highest BCUT2D eigenvalue weighted by Gasteiger charge is 2.17. The van der Waals surface area contributed by atoms with Gasteiger partial charge in [0.15, 0.2) is 0 Å². The molecule has 0 radical (unpaired) electrons. The zero-order valence-corrected chi connectivity index (χ0v) is 25.9. The molecule has 2 aromatic carbocycles. The summed E-state index contributed by atoms with van der Waals surface area (Å²) in [6.07, 6.45) is 7.98. The molecule has 0 aliphatic carbocycles. The fraction of sp³-hybridized carbons (Fsp3) is 0.278. The number of carbonyl (C=O) groups is 2. The molecule has 0 aliphatic rings. The Bertz CT molecular complexity index is 1670. The Morgan fingerprint density at radius 1 is 0.953 bits per heavy atom. The maximum atomic E-state index is 13.6. The van der Waals surface area contributed by atoms with Gasteiger partial charge < -0.3 is 15.4 Å². The lowest BCUT2D eigenvalue weighted by molar-refractivity contribution is 0.0952. The number of hydrogen-bond acceptors (Lipinski definition) is 5. The van der Waals surface area contributed by atoms with Crippen LogP contribution < -0.4 is 10.6 Å². The van der Waals surface area contributed by atoms with Gasteiger partial charge in [0, 0.05) is 47.6 Å². The number of carbonyl (C=O) groups excluding carboxylic acids is 2. The second-order valence-electron chi connectivity index (χ2n) is 10.9. The number of benzene rings is 2. The topological polar surface area (TPSA) is 93.2 Å². The summed E-state index contributed by atoms with van der Waals surface area (Å²) in [5.41, 5.74) is 7.18. The molecule has 2 aromatic heterocycles. The fourth-order valence-corrected chi connectivity index (χ4v) is 4.81. The second kappa shape index (κ2) is 14.4. The number of aryl methyl sites for hydroxylation is 2. The number of rotatable bonds is 11. The average molecular weight is 577 g/mol. The molecular weight excluding hydrogens is 536 g/mol. The zero-order valence-electron chi connectivity index (χ0n) is 25.9. The van der Waals surface area contributed by atoms with E-state index in [2.05, 4.69) is 21.7 Å². The van der Waals surface area contributed by atoms with E-state index in [1.165, 1.54) is 0 Å². The number of hydrogen-bond donors (Lipinski definition) is 2. The van der Waals surface area contributed by atoms with Gasteiger partial charge in [-0.1, -0.05) is 11.6 Å². The number of pyridine rings is 2. The molecule has 0 atom stereocenters. The summed E-state index contributed by atoms with van der Waals surface area (Å²) in [4.78, 5) is 35.4. The Kier molecular flexibility index (Phi) is 10.4. The molecule has 4 rings (SSSR count). The summed E-state index contributed by atoms with van der Waals surface area (Å²) >= 11 is 0. The Hall–Kier alpha value is -4.78. The summed E-state index contributed by atoms with van der Waals surface area (Å²) < 4.78 is 5.90. The first kappa shape index (κ1) is 31.2. The molecule has 7 heteroatoms. The highest BCUT2D eigenvalue weighted by Crippen LogP contribution is 2.28. The van der Waals surface area contributed by atoms with E-state index in [0.717, 1.165) is 63.9 Å². The molecule has 4 aromatic rings. The van der Waals surface area contributed by atoms with Crippen LogP contribution in [0.5, 0.6) is 0 Å². The zero-order chi connectivity index (χ0) is 30.9. The van der Waals surface area contributed by atoms with Gasteiger partial charge in [0.1, 0.15) is 5.76 Å². The summed E-state index contributed by atoms with van der Waals surface area (Å²) in [6, 6.07) is 16.6. The molecule has 0 bridgehead atoms. The minimum atomic E-state index is -0.246. The molecule has 7 nitrogen and oxygen atoms in total. The van der Waals surface area contributed by atoms with Crippen LogP contribution in [-0.4, -0.2) is 28.3 Å². The lowest BCUT2D eigenvalue weighted by Gasteiger charge is -2.13. The maximum Gasteiger partial charge on any atom is 0.256 e. The van der Waals surface area contributed by atoms with Gasteiger partial charge >= 0.3 is 0 Å². The van der Waals surface area contributed by atoms with Gasteiger partial charge in [-0.2, -0.15) is 0 Å². The molecular formula is C36H40N4O3. The van der Waals surface area contributed by atoms with Gasteiger partial charge in [-0.05, 0) is 120 Å². The fourth-order valence-electron chi connectivity index (χ4n) is 4.81. The molecule has 0 saturated heterocycles. The van der Waals surface area contributed by atoms with E-state index in [1.54, 1.807) is 36.7 Å². The largest absolute Gasteiger partial charge is 0.467 e. The second-order valence-corrected chi connectivity index (χ2v) is 10.9. The lowest BCUT2D eigenvalue weighted by Crippen LogP contribution is -2.24. The van der Waals surface area contributed by atoms with Gasteiger partial charge in [-0.15, -0.1) is 0 Å². The summed E-state index contributed by atoms with van der Waals surface area (Å²) in [5.74, 6) is 1.48. The SMILES string of the molecule is C/C=C(/C)OC(CCCCNC(=O)c1ccc(NC(=O)c2cc(-c3cccnc3)nc3c(C)cc(C)cc23)cc1)=C(C)C. The van der Waals surface area contributed by atoms with Crippen LogP contribution in [0.4, 0.5) is 5.69 Å². The first-order valence-electron chi connectivity index (χ1n) is 14.7. The van der Waals surface area contributed by atoms with E-state index in [4.69, 9.17) is 9.72 Å². The van der Waals surface area contributed by atoms with Gasteiger partial charge in [0.05, 0.1) is 22.5 Å². The molecule has 0 unspecified atom stereocenters. The molecule has 2 N–H and O–H groups in total. The van der Waals surface area contributed by atoms with Crippen LogP contribution in [0, 0.1) is 13.8 Å². The standard InChI is InChI=1S/C36H40N4O3/c1-7-26(6)43-33(23(2)3)12-8-9-18-38-35(41)27-13-15-29(16-14-27)39-36(42)31-21-32(28-11-10-17-37-22-28)40-34-25(5)19-24(4)20-30(31)34/h7,10-11,13-17,19-22H,8-9,12,18H2,1-6H3,(H,38,41)(H,39,42)/b26-7-. The maximum absolute atomic E-state index is 13.6. The summed E-state index contributed by atoms with van der Waals surface area (Å²) in [6.45, 7) is 12.6. The number of nitrogens with zero attached hydrogens (tertiary/aromatic N) is 2. The van der Waals surface area contributed by atoms with Gasteiger partial charge in [-0.3, -0.25) is 14.6 Å². The number of anilines is 1. The number of nitrogens with one attached hydrogen (secondary N) is 2. The van der Waals surface area contributed by atoms with Crippen LogP contribution in [0.1, 0.15) is 78.8 Å². The summed E-state index contributed by atoms with van der Waals surface area (Å²) in [7, 11) is 0. The minimum Gasteiger partial charge on any atom is -0.467 e. The number of ether oxygens (including phenoxy) is 1. The van der Waals surface area contributed by atoms with Gasteiger partial charge in [-0.25, -0.2) is 4.98 Å². The van der Waals surface area contributed by atoms with Crippen molar-refractivity contribution in [2.45, 2.75) is 60.8 Å². The average Bonchev–Trinajstić information content (AvgIpc) is 3.00. The smallest absolute Gasteiger partial charge is 0.256 e. The quantitative estimate of drug-likeness (QED) is 0.138. The van der Waals surface area contributed by atoms with E-state index < -0.39 is 0 Å². The number of unbranched alkanes of at least 4 members (excludes halogenated alkanes) is 1. The normalized spacial score (nSPS) is 11.3. The third-order valence-electron chi connectivity index (χ3n) is 7.22. The first-order chi connectivity index (χ1) is 20.7. The third-order valence-corrected chi connectivity index (χ3v) is 7.22. The Balaban J connectivity index is 1.40. The predicted octanol–water partition coefficient (Wildman–Crippen LogP) is 8.30. The molecule has 0 spiro atoms. The lowest BCUT2D eigenvalue weighted by atomic mass is 9.99. The Morgan fingerprint density at radius 2 is 1.72 bits per heavy atom. The van der Waals surface area contributed by atoms with Gasteiger partial charge in [0.25, 0.3) is 11.8 Å². The van der Waals surface area contributed by atoms with E-state index in [0.29, 0.717) is 29.1 Å². The van der Waals surface area contributed by atoms with Crippen molar-refractivity contribution in [1.29, 1.82) is 0 Å². The van der Waals surface area contributed by atoms with E-state index in [1.807, 2.05) is 71.9 Å². The van der Waals surface area contributed by atoms with Crippen LogP contribution in [0.25, 0.3) is 22.2 Å². The van der Waals surface area contributed by atoms with Crippen LogP contribution in [0.15, 0.2) is 90.2 Å².